The van der Waals surface area contributed by atoms with Gasteiger partial charge in [-0.2, -0.15) is 0 Å². The summed E-state index contributed by atoms with van der Waals surface area (Å²) in [4.78, 5) is 25.8. The molecular formula is C19H26FN5O2. The van der Waals surface area contributed by atoms with Gasteiger partial charge in [0, 0.05) is 37.8 Å². The van der Waals surface area contributed by atoms with Gasteiger partial charge >= 0.3 is 0 Å². The molecule has 3 fully saturated rings. The van der Waals surface area contributed by atoms with E-state index in [1.54, 1.807) is 12.4 Å². The van der Waals surface area contributed by atoms with E-state index in [-0.39, 0.29) is 18.6 Å². The smallest absolute Gasteiger partial charge is 0.229 e. The van der Waals surface area contributed by atoms with Crippen LogP contribution in [0.1, 0.15) is 32.1 Å². The van der Waals surface area contributed by atoms with E-state index in [9.17, 15) is 9.18 Å². The zero-order valence-electron chi connectivity index (χ0n) is 15.4. The Bertz CT molecular complexity index is 711. The van der Waals surface area contributed by atoms with Crippen LogP contribution in [0.4, 0.5) is 10.3 Å². The molecule has 0 atom stereocenters. The fraction of sp³-hybridized carbons (Fsp3) is 0.632. The molecule has 1 aromatic rings. The van der Waals surface area contributed by atoms with Crippen LogP contribution in [-0.2, 0) is 4.79 Å². The van der Waals surface area contributed by atoms with Crippen LogP contribution in [0.5, 0.6) is 5.75 Å². The Morgan fingerprint density at radius 1 is 1.26 bits per heavy atom. The van der Waals surface area contributed by atoms with Crippen LogP contribution in [-0.4, -0.2) is 59.6 Å². The third-order valence-electron chi connectivity index (χ3n) is 5.99. The van der Waals surface area contributed by atoms with Crippen LogP contribution < -0.4 is 15.4 Å². The molecule has 1 aliphatic carbocycles. The van der Waals surface area contributed by atoms with Crippen molar-refractivity contribution in [1.82, 2.24) is 14.9 Å². The normalized spacial score (nSPS) is 22.6. The molecule has 2 N–H and O–H groups in total. The van der Waals surface area contributed by atoms with Crippen molar-refractivity contribution in [1.29, 1.82) is 0 Å². The molecule has 1 aromatic heterocycles. The molecule has 2 aliphatic heterocycles. The first-order valence-electron chi connectivity index (χ1n) is 9.64. The molecule has 1 amide bonds. The van der Waals surface area contributed by atoms with Crippen LogP contribution in [0.3, 0.4) is 0 Å². The fourth-order valence-corrected chi connectivity index (χ4v) is 4.04. The number of nitrogens with two attached hydrogens (primary N) is 1. The maximum atomic E-state index is 12.8. The lowest BCUT2D eigenvalue weighted by Gasteiger charge is -2.38. The van der Waals surface area contributed by atoms with Crippen LogP contribution >= 0.6 is 0 Å². The lowest BCUT2D eigenvalue weighted by Crippen LogP contribution is -2.45. The molecule has 3 heterocycles. The monoisotopic (exact) mass is 375 g/mol. The van der Waals surface area contributed by atoms with Gasteiger partial charge in [0.25, 0.3) is 0 Å². The van der Waals surface area contributed by atoms with Gasteiger partial charge in [-0.25, -0.2) is 14.4 Å². The molecule has 146 valence electrons. The summed E-state index contributed by atoms with van der Waals surface area (Å²) >= 11 is 0. The Balaban J connectivity index is 1.32. The number of anilines is 1. The molecule has 27 heavy (non-hydrogen) atoms. The summed E-state index contributed by atoms with van der Waals surface area (Å²) in [6.45, 7) is 2.69. The van der Waals surface area contributed by atoms with E-state index < -0.39 is 0 Å². The summed E-state index contributed by atoms with van der Waals surface area (Å²) in [5.41, 5.74) is 5.61. The highest BCUT2D eigenvalue weighted by Crippen LogP contribution is 2.45. The second-order valence-electron chi connectivity index (χ2n) is 7.73. The third-order valence-corrected chi connectivity index (χ3v) is 5.99. The van der Waals surface area contributed by atoms with Gasteiger partial charge in [0.15, 0.2) is 5.75 Å². The third kappa shape index (κ3) is 3.63. The maximum Gasteiger partial charge on any atom is 0.229 e. The van der Waals surface area contributed by atoms with Crippen molar-refractivity contribution in [3.8, 4) is 5.75 Å². The highest BCUT2D eigenvalue weighted by molar-refractivity contribution is 5.85. The fourth-order valence-electron chi connectivity index (χ4n) is 4.04. The van der Waals surface area contributed by atoms with Gasteiger partial charge in [-0.3, -0.25) is 4.79 Å². The number of likely N-dealkylation sites (tertiary alicyclic amines) is 1. The van der Waals surface area contributed by atoms with E-state index in [1.807, 2.05) is 0 Å². The van der Waals surface area contributed by atoms with Gasteiger partial charge in [-0.1, -0.05) is 0 Å². The van der Waals surface area contributed by atoms with Gasteiger partial charge in [0.2, 0.25) is 11.9 Å². The Morgan fingerprint density at radius 3 is 2.52 bits per heavy atom. The number of aromatic nitrogens is 2. The zero-order chi connectivity index (χ0) is 18.9. The minimum absolute atomic E-state index is 0.0849. The van der Waals surface area contributed by atoms with Crippen molar-refractivity contribution in [2.24, 2.45) is 11.1 Å². The van der Waals surface area contributed by atoms with Gasteiger partial charge in [-0.05, 0) is 32.1 Å². The molecule has 1 spiro atoms. The number of ether oxygens (including phenoxy) is 1. The van der Waals surface area contributed by atoms with E-state index in [2.05, 4.69) is 19.8 Å². The summed E-state index contributed by atoms with van der Waals surface area (Å²) in [5, 5.41) is 0. The quantitative estimate of drug-likeness (QED) is 0.814. The molecule has 0 unspecified atom stereocenters. The summed E-state index contributed by atoms with van der Waals surface area (Å²) in [6, 6.07) is 0.512. The van der Waals surface area contributed by atoms with E-state index in [1.165, 1.54) is 12.8 Å². The molecular weight excluding hydrogens is 349 g/mol. The summed E-state index contributed by atoms with van der Waals surface area (Å²) in [7, 11) is 0. The molecule has 4 rings (SSSR count). The largest absolute Gasteiger partial charge is 0.486 e. The van der Waals surface area contributed by atoms with Gasteiger partial charge < -0.3 is 20.3 Å². The number of carbonyl (C=O) groups is 1. The Kier molecular flexibility index (Phi) is 4.99. The minimum atomic E-state index is -0.167. The van der Waals surface area contributed by atoms with E-state index in [0.717, 1.165) is 38.9 Å². The van der Waals surface area contributed by atoms with E-state index in [0.29, 0.717) is 35.5 Å². The number of amides is 1. The summed E-state index contributed by atoms with van der Waals surface area (Å²) < 4.78 is 17.9. The highest BCUT2D eigenvalue weighted by Gasteiger charge is 2.51. The van der Waals surface area contributed by atoms with Crippen LogP contribution in [0.15, 0.2) is 24.3 Å². The van der Waals surface area contributed by atoms with Crippen molar-refractivity contribution in [2.45, 2.75) is 38.1 Å². The number of halogens is 1. The molecule has 0 radical (unpaired) electrons. The first-order valence-corrected chi connectivity index (χ1v) is 9.64. The predicted molar refractivity (Wildman–Crippen MR) is 99.0 cm³/mol. The lowest BCUT2D eigenvalue weighted by atomic mass is 9.77. The van der Waals surface area contributed by atoms with Gasteiger partial charge in [-0.15, -0.1) is 0 Å². The Hall–Kier alpha value is -2.22. The first-order chi connectivity index (χ1) is 13.1. The van der Waals surface area contributed by atoms with Crippen LogP contribution in [0.2, 0.25) is 0 Å². The number of nitrogens with zero attached hydrogens (tertiary/aromatic N) is 4. The maximum absolute atomic E-state index is 12.8. The van der Waals surface area contributed by atoms with E-state index >= 15 is 0 Å². The number of hydrogen-bond donors (Lipinski definition) is 1. The standard InChI is InChI=1S/C19H26FN5O2/c20-9-14(10-21)13-27-16-11-22-18(23-12-16)24-6-3-19(4-7-24)5-8-25(17(19)26)15-1-2-15/h9,11-12,15H,1-8,10,13,21H2/b14-9+. The zero-order valence-corrected chi connectivity index (χ0v) is 15.4. The number of rotatable bonds is 6. The SMILES string of the molecule is NC/C(=C\F)COc1cnc(N2CCC3(CC2)CCN(C2CC2)C3=O)nc1. The predicted octanol–water partition coefficient (Wildman–Crippen LogP) is 1.65. The number of carbonyl (C=O) groups excluding carboxylic acids is 1. The second-order valence-corrected chi connectivity index (χ2v) is 7.73. The van der Waals surface area contributed by atoms with Crippen LogP contribution in [0.25, 0.3) is 0 Å². The van der Waals surface area contributed by atoms with Crippen molar-refractivity contribution in [3.63, 3.8) is 0 Å². The van der Waals surface area contributed by atoms with E-state index in [4.69, 9.17) is 10.5 Å². The molecule has 3 aliphatic rings. The van der Waals surface area contributed by atoms with Gasteiger partial charge in [0.05, 0.1) is 24.1 Å². The Labute approximate surface area is 158 Å². The Morgan fingerprint density at radius 2 is 1.93 bits per heavy atom. The molecule has 0 aromatic carbocycles. The van der Waals surface area contributed by atoms with Crippen molar-refractivity contribution >= 4 is 11.9 Å². The topological polar surface area (TPSA) is 84.6 Å². The average molecular weight is 375 g/mol. The average Bonchev–Trinajstić information content (AvgIpc) is 3.50. The van der Waals surface area contributed by atoms with Crippen molar-refractivity contribution in [3.05, 3.63) is 24.3 Å². The highest BCUT2D eigenvalue weighted by atomic mass is 19.1. The van der Waals surface area contributed by atoms with Crippen molar-refractivity contribution in [2.75, 3.05) is 37.7 Å². The summed E-state index contributed by atoms with van der Waals surface area (Å²) in [5.74, 6) is 1.48. The molecule has 0 bridgehead atoms. The minimum Gasteiger partial charge on any atom is -0.486 e. The second kappa shape index (κ2) is 7.42. The van der Waals surface area contributed by atoms with Gasteiger partial charge in [0.1, 0.15) is 6.61 Å². The number of piperidine rings is 1. The van der Waals surface area contributed by atoms with Crippen LogP contribution in [0, 0.1) is 5.41 Å². The molecule has 8 heteroatoms. The number of hydrogen-bond acceptors (Lipinski definition) is 6. The molecule has 7 nitrogen and oxygen atoms in total. The molecule has 2 saturated heterocycles. The lowest BCUT2D eigenvalue weighted by molar-refractivity contribution is -0.137. The van der Waals surface area contributed by atoms with Crippen molar-refractivity contribution < 1.29 is 13.9 Å². The summed E-state index contributed by atoms with van der Waals surface area (Å²) in [6.07, 6.45) is 8.69. The molecule has 1 saturated carbocycles. The first kappa shape index (κ1) is 18.2.